The molecular weight excluding hydrogens is 486 g/mol. The van der Waals surface area contributed by atoms with Gasteiger partial charge in [-0.1, -0.05) is 54.6 Å². The highest BCUT2D eigenvalue weighted by molar-refractivity contribution is 6.05. The number of morpholine rings is 1. The highest BCUT2D eigenvalue weighted by Gasteiger charge is 2.26. The number of amides is 1. The Morgan fingerprint density at radius 1 is 0.872 bits per heavy atom. The second kappa shape index (κ2) is 12.1. The molecular formula is C33H37N3O3. The smallest absolute Gasteiger partial charge is 0.257 e. The van der Waals surface area contributed by atoms with Gasteiger partial charge < -0.3 is 18.9 Å². The molecule has 0 bridgehead atoms. The maximum Gasteiger partial charge on any atom is 0.257 e. The van der Waals surface area contributed by atoms with Gasteiger partial charge in [0.1, 0.15) is 5.52 Å². The molecule has 2 aromatic heterocycles. The molecule has 1 saturated carbocycles. The van der Waals surface area contributed by atoms with Crippen LogP contribution in [0, 0.1) is 5.92 Å². The molecule has 0 unspecified atom stereocenters. The predicted molar refractivity (Wildman–Crippen MR) is 153 cm³/mol. The van der Waals surface area contributed by atoms with Crippen LogP contribution in [0.5, 0.6) is 0 Å². The van der Waals surface area contributed by atoms with Crippen molar-refractivity contribution in [1.29, 1.82) is 0 Å². The van der Waals surface area contributed by atoms with Gasteiger partial charge in [-0.25, -0.2) is 0 Å². The van der Waals surface area contributed by atoms with E-state index in [9.17, 15) is 4.79 Å². The number of hydrogen-bond donors (Lipinski definition) is 0. The topological polar surface area (TPSA) is 56.6 Å². The van der Waals surface area contributed by atoms with Crippen molar-refractivity contribution in [2.75, 3.05) is 26.3 Å². The van der Waals surface area contributed by atoms with E-state index in [-0.39, 0.29) is 5.91 Å². The molecule has 39 heavy (non-hydrogen) atoms. The molecule has 0 radical (unpaired) electrons. The molecule has 0 N–H and O–H groups in total. The Morgan fingerprint density at radius 2 is 1.59 bits per heavy atom. The maximum atomic E-state index is 13.3. The number of aromatic nitrogens is 2. The van der Waals surface area contributed by atoms with E-state index < -0.39 is 0 Å². The Labute approximate surface area is 230 Å². The van der Waals surface area contributed by atoms with Crippen LogP contribution < -0.4 is 0 Å². The zero-order chi connectivity index (χ0) is 26.4. The van der Waals surface area contributed by atoms with Crippen LogP contribution in [0.3, 0.4) is 0 Å². The number of ether oxygens (including phenoxy) is 2. The fourth-order valence-corrected chi connectivity index (χ4v) is 6.07. The van der Waals surface area contributed by atoms with E-state index in [4.69, 9.17) is 9.47 Å². The number of hydrogen-bond acceptors (Lipinski definition) is 4. The number of rotatable bonds is 8. The minimum absolute atomic E-state index is 0.0679. The summed E-state index contributed by atoms with van der Waals surface area (Å²) in [7, 11) is 0. The van der Waals surface area contributed by atoms with Crippen LogP contribution in [-0.2, 0) is 29.2 Å². The van der Waals surface area contributed by atoms with Gasteiger partial charge in [-0.15, -0.1) is 0 Å². The number of pyridine rings is 1. The maximum absolute atomic E-state index is 13.3. The van der Waals surface area contributed by atoms with Crippen LogP contribution in [0.1, 0.15) is 58.6 Å². The van der Waals surface area contributed by atoms with Crippen LogP contribution in [0.2, 0.25) is 0 Å². The Hall–Kier alpha value is -3.48. The predicted octanol–water partition coefficient (Wildman–Crippen LogP) is 6.20. The van der Waals surface area contributed by atoms with Crippen molar-refractivity contribution in [3.8, 4) is 0 Å². The first kappa shape index (κ1) is 25.8. The molecule has 0 spiro atoms. The molecule has 1 saturated heterocycles. The van der Waals surface area contributed by atoms with Crippen LogP contribution in [0.4, 0.5) is 0 Å². The quantitative estimate of drug-likeness (QED) is 0.276. The summed E-state index contributed by atoms with van der Waals surface area (Å²) >= 11 is 0. The van der Waals surface area contributed by atoms with E-state index in [0.29, 0.717) is 56.9 Å². The summed E-state index contributed by atoms with van der Waals surface area (Å²) in [5.41, 5.74) is 6.45. The lowest BCUT2D eigenvalue weighted by atomic mass is 9.78. The highest BCUT2D eigenvalue weighted by Crippen LogP contribution is 2.37. The largest absolute Gasteiger partial charge is 0.378 e. The molecule has 2 aromatic carbocycles. The van der Waals surface area contributed by atoms with E-state index in [2.05, 4.69) is 52.0 Å². The molecule has 6 heteroatoms. The van der Waals surface area contributed by atoms with Gasteiger partial charge in [-0.2, -0.15) is 0 Å². The molecule has 4 aromatic rings. The Balaban J connectivity index is 1.04. The summed E-state index contributed by atoms with van der Waals surface area (Å²) in [6.07, 6.45) is 8.62. The number of nitrogens with zero attached hydrogens (tertiary/aromatic N) is 3. The third kappa shape index (κ3) is 6.07. The van der Waals surface area contributed by atoms with Gasteiger partial charge >= 0.3 is 0 Å². The first-order chi connectivity index (χ1) is 19.2. The van der Waals surface area contributed by atoms with Crippen LogP contribution in [-0.4, -0.2) is 46.7 Å². The van der Waals surface area contributed by atoms with Gasteiger partial charge in [0, 0.05) is 32.0 Å². The van der Waals surface area contributed by atoms with Gasteiger partial charge in [0.25, 0.3) is 5.91 Å². The van der Waals surface area contributed by atoms with Gasteiger partial charge in [0.15, 0.2) is 0 Å². The number of fused-ring (bicyclic) bond motifs is 1. The minimum Gasteiger partial charge on any atom is -0.378 e. The van der Waals surface area contributed by atoms with E-state index in [1.54, 1.807) is 6.20 Å². The average Bonchev–Trinajstić information content (AvgIpc) is 3.37. The molecule has 1 aliphatic heterocycles. The SMILES string of the molecule is O=C(c1cn(CC2CCC(c3ccc(COCc4ccccc4)cc3)CC2)c2cccnc12)N1CCOCC1. The van der Waals surface area contributed by atoms with Crippen molar-refractivity contribution >= 4 is 16.9 Å². The summed E-state index contributed by atoms with van der Waals surface area (Å²) in [6.45, 7) is 4.70. The monoisotopic (exact) mass is 523 g/mol. The summed E-state index contributed by atoms with van der Waals surface area (Å²) in [4.78, 5) is 19.8. The van der Waals surface area contributed by atoms with Crippen molar-refractivity contribution in [3.05, 3.63) is 101 Å². The summed E-state index contributed by atoms with van der Waals surface area (Å²) < 4.78 is 13.6. The second-order valence-corrected chi connectivity index (χ2v) is 10.9. The fraction of sp³-hybridized carbons (Fsp3) is 0.394. The molecule has 0 atom stereocenters. The van der Waals surface area contributed by atoms with E-state index in [0.717, 1.165) is 17.6 Å². The van der Waals surface area contributed by atoms with Gasteiger partial charge in [-0.3, -0.25) is 9.78 Å². The van der Waals surface area contributed by atoms with E-state index >= 15 is 0 Å². The van der Waals surface area contributed by atoms with Crippen LogP contribution in [0.15, 0.2) is 79.1 Å². The summed E-state index contributed by atoms with van der Waals surface area (Å²) in [5, 5.41) is 0. The van der Waals surface area contributed by atoms with Gasteiger partial charge in [-0.05, 0) is 66.3 Å². The van der Waals surface area contributed by atoms with Crippen LogP contribution in [0.25, 0.3) is 11.0 Å². The lowest BCUT2D eigenvalue weighted by molar-refractivity contribution is 0.0304. The third-order valence-electron chi connectivity index (χ3n) is 8.30. The zero-order valence-corrected chi connectivity index (χ0v) is 22.5. The minimum atomic E-state index is 0.0679. The molecule has 6 nitrogen and oxygen atoms in total. The number of carbonyl (C=O) groups excluding carboxylic acids is 1. The molecule has 3 heterocycles. The fourth-order valence-electron chi connectivity index (χ4n) is 6.07. The van der Waals surface area contributed by atoms with Crippen molar-refractivity contribution < 1.29 is 14.3 Å². The molecule has 1 amide bonds. The zero-order valence-electron chi connectivity index (χ0n) is 22.5. The first-order valence-corrected chi connectivity index (χ1v) is 14.3. The standard InChI is InChI=1S/C33H37N3O3/c37-33(35-17-19-38-20-18-35)30-22-36(31-7-4-16-34-32(30)31)21-25-8-12-28(13-9-25)29-14-10-27(11-15-29)24-39-23-26-5-2-1-3-6-26/h1-7,10-11,14-16,22,25,28H,8-9,12-13,17-21,23-24H2. The molecule has 1 aliphatic carbocycles. The van der Waals surface area contributed by atoms with Crippen molar-refractivity contribution in [3.63, 3.8) is 0 Å². The molecule has 6 rings (SSSR count). The number of benzene rings is 2. The summed E-state index contributed by atoms with van der Waals surface area (Å²) in [6, 6.07) is 23.4. The van der Waals surface area contributed by atoms with Crippen molar-refractivity contribution in [2.24, 2.45) is 5.92 Å². The second-order valence-electron chi connectivity index (χ2n) is 10.9. The third-order valence-corrected chi connectivity index (χ3v) is 8.30. The van der Waals surface area contributed by atoms with Crippen LogP contribution >= 0.6 is 0 Å². The lowest BCUT2D eigenvalue weighted by Crippen LogP contribution is -2.40. The Bertz CT molecular complexity index is 1370. The van der Waals surface area contributed by atoms with Crippen molar-refractivity contribution in [2.45, 2.75) is 51.4 Å². The van der Waals surface area contributed by atoms with E-state index in [1.807, 2.05) is 35.4 Å². The molecule has 2 aliphatic rings. The Kier molecular flexibility index (Phi) is 8.03. The van der Waals surface area contributed by atoms with E-state index in [1.165, 1.54) is 42.4 Å². The first-order valence-electron chi connectivity index (χ1n) is 14.3. The lowest BCUT2D eigenvalue weighted by Gasteiger charge is -2.29. The van der Waals surface area contributed by atoms with Gasteiger partial charge in [0.05, 0.1) is 37.5 Å². The number of carbonyl (C=O) groups is 1. The summed E-state index contributed by atoms with van der Waals surface area (Å²) in [5.74, 6) is 1.29. The average molecular weight is 524 g/mol. The normalized spacial score (nSPS) is 19.8. The Morgan fingerprint density at radius 3 is 2.33 bits per heavy atom. The van der Waals surface area contributed by atoms with Gasteiger partial charge in [0.2, 0.25) is 0 Å². The highest BCUT2D eigenvalue weighted by atomic mass is 16.5. The molecule has 202 valence electrons. The molecule has 2 fully saturated rings. The van der Waals surface area contributed by atoms with Crippen molar-refractivity contribution in [1.82, 2.24) is 14.5 Å².